The van der Waals surface area contributed by atoms with Crippen LogP contribution in [0.2, 0.25) is 5.02 Å². The summed E-state index contributed by atoms with van der Waals surface area (Å²) in [5, 5.41) is 0.799. The average Bonchev–Trinajstić information content (AvgIpc) is 1.96. The summed E-state index contributed by atoms with van der Waals surface area (Å²) in [6.45, 7) is 2.50. The molecule has 0 aliphatic carbocycles. The fourth-order valence-electron chi connectivity index (χ4n) is 0.943. The van der Waals surface area contributed by atoms with E-state index < -0.39 is 0 Å². The summed E-state index contributed by atoms with van der Waals surface area (Å²) in [6, 6.07) is 4.05. The highest BCUT2D eigenvalue weighted by Crippen LogP contribution is 2.22. The molecule has 0 saturated heterocycles. The Morgan fingerprint density at radius 1 is 1.55 bits per heavy atom. The molecule has 0 atom stereocenters. The van der Waals surface area contributed by atoms with E-state index in [9.17, 15) is 0 Å². The first-order valence-corrected chi connectivity index (χ1v) is 4.75. The molecule has 0 fully saturated rings. The Hall–Kier alpha value is 0.200. The first-order chi connectivity index (χ1) is 5.15. The lowest BCUT2D eigenvalue weighted by Crippen LogP contribution is -1.98. The van der Waals surface area contributed by atoms with E-state index in [1.54, 1.807) is 0 Å². The summed E-state index contributed by atoms with van der Waals surface area (Å²) in [5.74, 6) is 0. The van der Waals surface area contributed by atoms with Crippen molar-refractivity contribution < 1.29 is 0 Å². The monoisotopic (exact) mass is 281 g/mol. The van der Waals surface area contributed by atoms with Crippen LogP contribution in [0.1, 0.15) is 11.1 Å². The molecular formula is C8H9ClIN. The second-order valence-electron chi connectivity index (χ2n) is 2.40. The Morgan fingerprint density at radius 2 is 2.18 bits per heavy atom. The van der Waals surface area contributed by atoms with Gasteiger partial charge in [-0.3, -0.25) is 0 Å². The quantitative estimate of drug-likeness (QED) is 0.787. The summed E-state index contributed by atoms with van der Waals surface area (Å²) >= 11 is 8.24. The predicted octanol–water partition coefficient (Wildman–Crippen LogP) is 2.71. The van der Waals surface area contributed by atoms with Gasteiger partial charge >= 0.3 is 0 Å². The van der Waals surface area contributed by atoms with Gasteiger partial charge in [-0.2, -0.15) is 0 Å². The van der Waals surface area contributed by atoms with E-state index in [4.69, 9.17) is 17.3 Å². The van der Waals surface area contributed by atoms with Crippen LogP contribution in [-0.4, -0.2) is 0 Å². The van der Waals surface area contributed by atoms with E-state index in [-0.39, 0.29) is 0 Å². The average molecular weight is 282 g/mol. The number of hydrogen-bond acceptors (Lipinski definition) is 1. The second-order valence-corrected chi connectivity index (χ2v) is 4.02. The molecule has 0 aliphatic heterocycles. The fraction of sp³-hybridized carbons (Fsp3) is 0.250. The van der Waals surface area contributed by atoms with Gasteiger partial charge in [-0.25, -0.2) is 0 Å². The van der Waals surface area contributed by atoms with Gasteiger partial charge in [0, 0.05) is 15.1 Å². The maximum absolute atomic E-state index is 5.98. The summed E-state index contributed by atoms with van der Waals surface area (Å²) in [5.41, 5.74) is 7.62. The molecule has 60 valence electrons. The summed E-state index contributed by atoms with van der Waals surface area (Å²) < 4.78 is 1.19. The number of halogens is 2. The maximum Gasteiger partial charge on any atom is 0.0480 e. The molecule has 0 heterocycles. The van der Waals surface area contributed by atoms with Crippen molar-refractivity contribution in [3.05, 3.63) is 31.9 Å². The summed E-state index contributed by atoms with van der Waals surface area (Å²) in [6.07, 6.45) is 0. The van der Waals surface area contributed by atoms with Crippen LogP contribution < -0.4 is 5.73 Å². The molecule has 0 spiro atoms. The standard InChI is InChI=1S/C8H9ClIN/c1-5-2-7(10)3-6(4-11)8(5)9/h2-3H,4,11H2,1H3. The van der Waals surface area contributed by atoms with E-state index in [0.717, 1.165) is 16.1 Å². The normalized spacial score (nSPS) is 10.2. The van der Waals surface area contributed by atoms with Crippen molar-refractivity contribution in [1.82, 2.24) is 0 Å². The minimum absolute atomic E-state index is 0.510. The van der Waals surface area contributed by atoms with Gasteiger partial charge < -0.3 is 5.73 Å². The zero-order valence-electron chi connectivity index (χ0n) is 6.20. The van der Waals surface area contributed by atoms with Gasteiger partial charge in [-0.1, -0.05) is 11.6 Å². The molecule has 1 aromatic rings. The lowest BCUT2D eigenvalue weighted by Gasteiger charge is -2.04. The molecule has 1 nitrogen and oxygen atoms in total. The minimum atomic E-state index is 0.510. The van der Waals surface area contributed by atoms with Crippen LogP contribution in [0, 0.1) is 10.5 Å². The lowest BCUT2D eigenvalue weighted by molar-refractivity contribution is 1.06. The Kier molecular flexibility index (Phi) is 3.16. The maximum atomic E-state index is 5.98. The van der Waals surface area contributed by atoms with Crippen LogP contribution in [0.3, 0.4) is 0 Å². The Balaban J connectivity index is 3.24. The van der Waals surface area contributed by atoms with Crippen LogP contribution >= 0.6 is 34.2 Å². The van der Waals surface area contributed by atoms with Crippen LogP contribution in [0.5, 0.6) is 0 Å². The number of aryl methyl sites for hydroxylation is 1. The van der Waals surface area contributed by atoms with Gasteiger partial charge in [0.25, 0.3) is 0 Å². The molecule has 0 aromatic heterocycles. The summed E-state index contributed by atoms with van der Waals surface area (Å²) in [7, 11) is 0. The van der Waals surface area contributed by atoms with E-state index in [1.165, 1.54) is 3.57 Å². The third-order valence-electron chi connectivity index (χ3n) is 1.51. The summed E-state index contributed by atoms with van der Waals surface area (Å²) in [4.78, 5) is 0. The molecular weight excluding hydrogens is 272 g/mol. The van der Waals surface area contributed by atoms with Crippen molar-refractivity contribution in [1.29, 1.82) is 0 Å². The van der Waals surface area contributed by atoms with Gasteiger partial charge in [0.1, 0.15) is 0 Å². The highest BCUT2D eigenvalue weighted by atomic mass is 127. The molecule has 0 bridgehead atoms. The van der Waals surface area contributed by atoms with Crippen LogP contribution in [0.25, 0.3) is 0 Å². The van der Waals surface area contributed by atoms with E-state index in [2.05, 4.69) is 22.6 Å². The molecule has 0 amide bonds. The molecule has 1 aromatic carbocycles. The predicted molar refractivity (Wildman–Crippen MR) is 56.8 cm³/mol. The molecule has 3 heteroatoms. The third-order valence-corrected chi connectivity index (χ3v) is 2.68. The van der Waals surface area contributed by atoms with Gasteiger partial charge in [-0.15, -0.1) is 0 Å². The Bertz CT molecular complexity index is 273. The number of rotatable bonds is 1. The Labute approximate surface area is 85.1 Å². The molecule has 1 rings (SSSR count). The van der Waals surface area contributed by atoms with Crippen molar-refractivity contribution in [3.8, 4) is 0 Å². The van der Waals surface area contributed by atoms with Crippen molar-refractivity contribution in [2.24, 2.45) is 5.73 Å². The zero-order chi connectivity index (χ0) is 8.43. The van der Waals surface area contributed by atoms with Gasteiger partial charge in [0.2, 0.25) is 0 Å². The molecule has 0 aliphatic rings. The molecule has 0 unspecified atom stereocenters. The van der Waals surface area contributed by atoms with Crippen molar-refractivity contribution >= 4 is 34.2 Å². The van der Waals surface area contributed by atoms with E-state index in [0.29, 0.717) is 6.54 Å². The van der Waals surface area contributed by atoms with Crippen molar-refractivity contribution in [3.63, 3.8) is 0 Å². The largest absolute Gasteiger partial charge is 0.326 e. The SMILES string of the molecule is Cc1cc(I)cc(CN)c1Cl. The second kappa shape index (κ2) is 3.74. The number of hydrogen-bond donors (Lipinski definition) is 1. The van der Waals surface area contributed by atoms with Crippen LogP contribution in [0.15, 0.2) is 12.1 Å². The third kappa shape index (κ3) is 2.07. The Morgan fingerprint density at radius 3 is 2.73 bits per heavy atom. The highest BCUT2D eigenvalue weighted by Gasteiger charge is 2.02. The zero-order valence-corrected chi connectivity index (χ0v) is 9.11. The molecule has 0 radical (unpaired) electrons. The van der Waals surface area contributed by atoms with E-state index >= 15 is 0 Å². The van der Waals surface area contributed by atoms with Crippen molar-refractivity contribution in [2.75, 3.05) is 0 Å². The minimum Gasteiger partial charge on any atom is -0.326 e. The van der Waals surface area contributed by atoms with Crippen molar-refractivity contribution in [2.45, 2.75) is 13.5 Å². The number of nitrogens with two attached hydrogens (primary N) is 1. The lowest BCUT2D eigenvalue weighted by atomic mass is 10.1. The molecule has 0 saturated carbocycles. The topological polar surface area (TPSA) is 26.0 Å². The van der Waals surface area contributed by atoms with Crippen LogP contribution in [-0.2, 0) is 6.54 Å². The highest BCUT2D eigenvalue weighted by molar-refractivity contribution is 14.1. The number of benzene rings is 1. The first-order valence-electron chi connectivity index (χ1n) is 3.29. The fourth-order valence-corrected chi connectivity index (χ4v) is 1.97. The smallest absolute Gasteiger partial charge is 0.0480 e. The van der Waals surface area contributed by atoms with Gasteiger partial charge in [-0.05, 0) is 52.8 Å². The van der Waals surface area contributed by atoms with Gasteiger partial charge in [0.15, 0.2) is 0 Å². The molecule has 2 N–H and O–H groups in total. The van der Waals surface area contributed by atoms with E-state index in [1.807, 2.05) is 19.1 Å². The molecule has 11 heavy (non-hydrogen) atoms. The van der Waals surface area contributed by atoms with Crippen LogP contribution in [0.4, 0.5) is 0 Å². The first kappa shape index (κ1) is 9.29. The van der Waals surface area contributed by atoms with Gasteiger partial charge in [0.05, 0.1) is 0 Å².